The van der Waals surface area contributed by atoms with Gasteiger partial charge < -0.3 is 0 Å². The first-order valence-electron chi connectivity index (χ1n) is 3.63. The lowest BCUT2D eigenvalue weighted by molar-refractivity contribution is 0.562. The molecule has 0 aliphatic rings. The van der Waals surface area contributed by atoms with Crippen molar-refractivity contribution in [1.29, 1.82) is 0 Å². The Morgan fingerprint density at radius 3 is 2.85 bits per heavy atom. The molecule has 0 saturated carbocycles. The number of hydrogen-bond acceptors (Lipinski definition) is 2. The van der Waals surface area contributed by atoms with Gasteiger partial charge in [0.2, 0.25) is 6.08 Å². The zero-order valence-electron chi connectivity index (χ0n) is 6.97. The van der Waals surface area contributed by atoms with E-state index in [-0.39, 0.29) is 12.4 Å². The highest BCUT2D eigenvalue weighted by atomic mass is 79.9. The van der Waals surface area contributed by atoms with Crippen molar-refractivity contribution in [3.8, 4) is 0 Å². The largest absolute Gasteiger partial charge is 0.235 e. The molecule has 1 rings (SSSR count). The highest BCUT2D eigenvalue weighted by Crippen LogP contribution is 2.21. The van der Waals surface area contributed by atoms with E-state index in [1.54, 1.807) is 13.0 Å². The van der Waals surface area contributed by atoms with E-state index in [4.69, 9.17) is 0 Å². The number of isocyanates is 1. The molecule has 0 aromatic heterocycles. The first-order valence-corrected chi connectivity index (χ1v) is 4.42. The quantitative estimate of drug-likeness (QED) is 0.581. The number of benzene rings is 1. The van der Waals surface area contributed by atoms with Gasteiger partial charge in [0.1, 0.15) is 5.82 Å². The first kappa shape index (κ1) is 10.1. The normalized spacial score (nSPS) is 9.46. The van der Waals surface area contributed by atoms with E-state index in [0.29, 0.717) is 15.6 Å². The zero-order chi connectivity index (χ0) is 9.84. The summed E-state index contributed by atoms with van der Waals surface area (Å²) in [5.41, 5.74) is 1.21. The number of hydrogen-bond donors (Lipinski definition) is 0. The summed E-state index contributed by atoms with van der Waals surface area (Å²) < 4.78 is 13.8. The lowest BCUT2D eigenvalue weighted by Gasteiger charge is -2.02. The van der Waals surface area contributed by atoms with Gasteiger partial charge in [0.05, 0.1) is 6.54 Å². The second-order valence-corrected chi connectivity index (χ2v) is 3.45. The van der Waals surface area contributed by atoms with Crippen molar-refractivity contribution in [2.24, 2.45) is 4.99 Å². The van der Waals surface area contributed by atoms with Gasteiger partial charge >= 0.3 is 0 Å². The van der Waals surface area contributed by atoms with Gasteiger partial charge in [-0.3, -0.25) is 0 Å². The van der Waals surface area contributed by atoms with Crippen LogP contribution in [0.25, 0.3) is 0 Å². The maximum atomic E-state index is 13.1. The molecule has 0 spiro atoms. The second-order valence-electron chi connectivity index (χ2n) is 2.59. The van der Waals surface area contributed by atoms with Crippen LogP contribution in [0.1, 0.15) is 11.1 Å². The van der Waals surface area contributed by atoms with Crippen LogP contribution in [-0.2, 0) is 11.3 Å². The van der Waals surface area contributed by atoms with Crippen LogP contribution in [0.15, 0.2) is 21.6 Å². The van der Waals surface area contributed by atoms with E-state index in [1.165, 1.54) is 12.1 Å². The van der Waals surface area contributed by atoms with Crippen LogP contribution in [-0.4, -0.2) is 6.08 Å². The molecule has 1 aromatic rings. The van der Waals surface area contributed by atoms with Crippen molar-refractivity contribution >= 4 is 22.0 Å². The van der Waals surface area contributed by atoms with Gasteiger partial charge in [0.15, 0.2) is 0 Å². The van der Waals surface area contributed by atoms with Crippen LogP contribution in [0.5, 0.6) is 0 Å². The molecule has 0 saturated heterocycles. The average molecular weight is 244 g/mol. The number of halogens is 2. The number of carbonyl (C=O) groups excluding carboxylic acids is 1. The minimum Gasteiger partial charge on any atom is -0.211 e. The Balaban J connectivity index is 3.05. The minimum absolute atomic E-state index is 0.166. The topological polar surface area (TPSA) is 29.4 Å². The summed E-state index contributed by atoms with van der Waals surface area (Å²) in [6.07, 6.45) is 1.41. The standard InChI is InChI=1S/C9H7BrFNO/c1-6-8(10)2-7(3-9(6)11)4-12-5-13/h2-3H,4H2,1H3. The fourth-order valence-electron chi connectivity index (χ4n) is 0.913. The van der Waals surface area contributed by atoms with Crippen LogP contribution < -0.4 is 0 Å². The molecule has 0 heterocycles. The highest BCUT2D eigenvalue weighted by Gasteiger charge is 2.03. The molecule has 13 heavy (non-hydrogen) atoms. The van der Waals surface area contributed by atoms with E-state index in [2.05, 4.69) is 20.9 Å². The van der Waals surface area contributed by atoms with E-state index in [1.807, 2.05) is 0 Å². The summed E-state index contributed by atoms with van der Waals surface area (Å²) in [5.74, 6) is -0.300. The smallest absolute Gasteiger partial charge is 0.211 e. The molecular weight excluding hydrogens is 237 g/mol. The molecule has 0 radical (unpaired) electrons. The van der Waals surface area contributed by atoms with Gasteiger partial charge in [-0.05, 0) is 30.2 Å². The fourth-order valence-corrected chi connectivity index (χ4v) is 1.40. The third kappa shape index (κ3) is 2.47. The lowest BCUT2D eigenvalue weighted by Crippen LogP contribution is -1.89. The van der Waals surface area contributed by atoms with Crippen molar-refractivity contribution in [2.75, 3.05) is 0 Å². The van der Waals surface area contributed by atoms with E-state index in [9.17, 15) is 9.18 Å². The summed E-state index contributed by atoms with van der Waals surface area (Å²) in [6.45, 7) is 1.84. The van der Waals surface area contributed by atoms with Crippen LogP contribution in [0, 0.1) is 12.7 Å². The molecule has 0 fully saturated rings. The number of aliphatic imine (C=N–C) groups is 1. The molecule has 0 N–H and O–H groups in total. The highest BCUT2D eigenvalue weighted by molar-refractivity contribution is 9.10. The van der Waals surface area contributed by atoms with Crippen LogP contribution in [0.2, 0.25) is 0 Å². The molecule has 0 bridgehead atoms. The van der Waals surface area contributed by atoms with Gasteiger partial charge in [-0.2, -0.15) is 0 Å². The molecule has 1 aromatic carbocycles. The predicted molar refractivity (Wildman–Crippen MR) is 50.7 cm³/mol. The third-order valence-corrected chi connectivity index (χ3v) is 2.49. The SMILES string of the molecule is Cc1c(F)cc(CN=C=O)cc1Br. The molecule has 0 aliphatic heterocycles. The van der Waals surface area contributed by atoms with E-state index < -0.39 is 0 Å². The molecule has 2 nitrogen and oxygen atoms in total. The summed E-state index contributed by atoms with van der Waals surface area (Å²) in [4.78, 5) is 13.2. The maximum Gasteiger partial charge on any atom is 0.235 e. The molecule has 4 heteroatoms. The van der Waals surface area contributed by atoms with Gasteiger partial charge in [0.25, 0.3) is 0 Å². The fraction of sp³-hybridized carbons (Fsp3) is 0.222. The molecular formula is C9H7BrFNO. The van der Waals surface area contributed by atoms with Gasteiger partial charge in [-0.25, -0.2) is 14.2 Å². The lowest BCUT2D eigenvalue weighted by atomic mass is 10.1. The summed E-state index contributed by atoms with van der Waals surface area (Å²) in [7, 11) is 0. The minimum atomic E-state index is -0.300. The zero-order valence-corrected chi connectivity index (χ0v) is 8.56. The third-order valence-electron chi connectivity index (χ3n) is 1.67. The molecule has 0 unspecified atom stereocenters. The molecule has 0 aliphatic carbocycles. The van der Waals surface area contributed by atoms with Gasteiger partial charge in [-0.15, -0.1) is 0 Å². The number of rotatable bonds is 2. The predicted octanol–water partition coefficient (Wildman–Crippen LogP) is 2.73. The van der Waals surface area contributed by atoms with Crippen molar-refractivity contribution in [3.05, 3.63) is 33.5 Å². The van der Waals surface area contributed by atoms with Crippen molar-refractivity contribution in [1.82, 2.24) is 0 Å². The van der Waals surface area contributed by atoms with Crippen molar-refractivity contribution in [3.63, 3.8) is 0 Å². The molecule has 68 valence electrons. The summed E-state index contributed by atoms with van der Waals surface area (Å²) in [6, 6.07) is 3.10. The van der Waals surface area contributed by atoms with Gasteiger partial charge in [0, 0.05) is 4.47 Å². The van der Waals surface area contributed by atoms with Crippen molar-refractivity contribution < 1.29 is 9.18 Å². The first-order chi connectivity index (χ1) is 6.15. The Morgan fingerprint density at radius 2 is 2.31 bits per heavy atom. The van der Waals surface area contributed by atoms with E-state index >= 15 is 0 Å². The Labute approximate surface area is 83.6 Å². The summed E-state index contributed by atoms with van der Waals surface area (Å²) in [5, 5.41) is 0. The van der Waals surface area contributed by atoms with Crippen LogP contribution in [0.4, 0.5) is 4.39 Å². The number of nitrogens with zero attached hydrogens (tertiary/aromatic N) is 1. The Hall–Kier alpha value is -0.990. The van der Waals surface area contributed by atoms with Crippen LogP contribution in [0.3, 0.4) is 0 Å². The van der Waals surface area contributed by atoms with E-state index in [0.717, 1.165) is 0 Å². The molecule has 0 atom stereocenters. The maximum absolute atomic E-state index is 13.1. The summed E-state index contributed by atoms with van der Waals surface area (Å²) >= 11 is 3.21. The Morgan fingerprint density at radius 1 is 1.62 bits per heavy atom. The Kier molecular flexibility index (Phi) is 3.34. The molecule has 0 amide bonds. The van der Waals surface area contributed by atoms with Gasteiger partial charge in [-0.1, -0.05) is 15.9 Å². The average Bonchev–Trinajstić information content (AvgIpc) is 2.10. The second kappa shape index (κ2) is 4.30. The van der Waals surface area contributed by atoms with Crippen molar-refractivity contribution in [2.45, 2.75) is 13.5 Å². The Bertz CT molecular complexity index is 349. The monoisotopic (exact) mass is 243 g/mol. The van der Waals surface area contributed by atoms with Crippen LogP contribution >= 0.6 is 15.9 Å².